The molecule has 0 aliphatic rings. The molecule has 0 amide bonds. The topological polar surface area (TPSA) is 72.2 Å². The first-order valence-electron chi connectivity index (χ1n) is 7.18. The van der Waals surface area contributed by atoms with Crippen LogP contribution >= 0.6 is 0 Å². The van der Waals surface area contributed by atoms with Gasteiger partial charge in [-0.1, -0.05) is 39.0 Å². The fourth-order valence-corrected chi connectivity index (χ4v) is 3.16. The Bertz CT molecular complexity index is 512. The van der Waals surface area contributed by atoms with Crippen molar-refractivity contribution in [1.29, 1.82) is 0 Å². The zero-order valence-corrected chi connectivity index (χ0v) is 13.4. The summed E-state index contributed by atoms with van der Waals surface area (Å²) in [7, 11) is -3.66. The standard InChI is InChI=1S/C15H26N2O2S/c1-4-9-17-14(10-12(2)3)11-13-7-5-6-8-15(13)20(16,18)19/h5-8,12,14,17H,4,9-11H2,1-3H3,(H2,16,18,19). The molecule has 0 aliphatic heterocycles. The van der Waals surface area contributed by atoms with Crippen LogP contribution in [-0.4, -0.2) is 21.0 Å². The van der Waals surface area contributed by atoms with E-state index in [9.17, 15) is 8.42 Å². The molecule has 0 saturated carbocycles. The quantitative estimate of drug-likeness (QED) is 0.773. The van der Waals surface area contributed by atoms with Crippen molar-refractivity contribution in [3.63, 3.8) is 0 Å². The molecule has 1 atom stereocenters. The second-order valence-electron chi connectivity index (χ2n) is 5.64. The average Bonchev–Trinajstić information content (AvgIpc) is 2.34. The van der Waals surface area contributed by atoms with Crippen molar-refractivity contribution in [2.45, 2.75) is 51.0 Å². The van der Waals surface area contributed by atoms with Gasteiger partial charge in [0.05, 0.1) is 4.90 Å². The Hall–Kier alpha value is -0.910. The maximum atomic E-state index is 11.6. The predicted octanol–water partition coefficient (Wildman–Crippen LogP) is 2.29. The summed E-state index contributed by atoms with van der Waals surface area (Å²) in [5.74, 6) is 0.561. The Morgan fingerprint density at radius 3 is 2.45 bits per heavy atom. The van der Waals surface area contributed by atoms with E-state index in [2.05, 4.69) is 26.1 Å². The first kappa shape index (κ1) is 17.1. The Morgan fingerprint density at radius 1 is 1.25 bits per heavy atom. The van der Waals surface area contributed by atoms with Gasteiger partial charge >= 0.3 is 0 Å². The Kier molecular flexibility index (Phi) is 6.65. The second-order valence-corrected chi connectivity index (χ2v) is 7.17. The summed E-state index contributed by atoms with van der Waals surface area (Å²) in [6.45, 7) is 7.41. The van der Waals surface area contributed by atoms with Crippen LogP contribution in [0.3, 0.4) is 0 Å². The molecule has 20 heavy (non-hydrogen) atoms. The molecular formula is C15H26N2O2S. The number of sulfonamides is 1. The highest BCUT2D eigenvalue weighted by Gasteiger charge is 2.17. The molecule has 1 aromatic rings. The van der Waals surface area contributed by atoms with Gasteiger partial charge in [-0.3, -0.25) is 0 Å². The Morgan fingerprint density at radius 2 is 1.90 bits per heavy atom. The van der Waals surface area contributed by atoms with E-state index in [4.69, 9.17) is 5.14 Å². The molecule has 0 radical (unpaired) electrons. The van der Waals surface area contributed by atoms with Crippen molar-refractivity contribution in [3.05, 3.63) is 29.8 Å². The number of rotatable bonds is 8. The molecule has 0 bridgehead atoms. The molecule has 0 aromatic heterocycles. The Balaban J connectivity index is 2.93. The fraction of sp³-hybridized carbons (Fsp3) is 0.600. The summed E-state index contributed by atoms with van der Waals surface area (Å²) < 4.78 is 23.3. The molecule has 1 unspecified atom stereocenters. The molecule has 4 nitrogen and oxygen atoms in total. The second kappa shape index (κ2) is 7.76. The van der Waals surface area contributed by atoms with E-state index in [1.807, 2.05) is 12.1 Å². The van der Waals surface area contributed by atoms with Gasteiger partial charge in [-0.2, -0.15) is 0 Å². The van der Waals surface area contributed by atoms with Crippen LogP contribution in [0.15, 0.2) is 29.2 Å². The number of hydrogen-bond acceptors (Lipinski definition) is 3. The van der Waals surface area contributed by atoms with Crippen LogP contribution in [-0.2, 0) is 16.4 Å². The molecule has 1 aromatic carbocycles. The number of nitrogens with one attached hydrogen (secondary N) is 1. The number of primary sulfonamides is 1. The van der Waals surface area contributed by atoms with E-state index >= 15 is 0 Å². The van der Waals surface area contributed by atoms with Gasteiger partial charge in [-0.05, 0) is 43.4 Å². The minimum absolute atomic E-state index is 0.243. The lowest BCUT2D eigenvalue weighted by Gasteiger charge is -2.21. The normalized spacial score (nSPS) is 13.7. The first-order chi connectivity index (χ1) is 9.34. The molecule has 114 valence electrons. The summed E-state index contributed by atoms with van der Waals surface area (Å²) in [5, 5.41) is 8.78. The molecule has 0 aliphatic carbocycles. The fourth-order valence-electron chi connectivity index (χ4n) is 2.37. The molecule has 3 N–H and O–H groups in total. The first-order valence-corrected chi connectivity index (χ1v) is 8.73. The maximum absolute atomic E-state index is 11.6. The summed E-state index contributed by atoms with van der Waals surface area (Å²) in [5.41, 5.74) is 0.796. The van der Waals surface area contributed by atoms with Crippen molar-refractivity contribution >= 4 is 10.0 Å². The van der Waals surface area contributed by atoms with Gasteiger partial charge in [0, 0.05) is 6.04 Å². The third-order valence-electron chi connectivity index (χ3n) is 3.18. The van der Waals surface area contributed by atoms with E-state index < -0.39 is 10.0 Å². The maximum Gasteiger partial charge on any atom is 0.238 e. The Labute approximate surface area is 122 Å². The monoisotopic (exact) mass is 298 g/mol. The van der Waals surface area contributed by atoms with Gasteiger partial charge in [0.25, 0.3) is 0 Å². The van der Waals surface area contributed by atoms with Crippen molar-refractivity contribution < 1.29 is 8.42 Å². The highest BCUT2D eigenvalue weighted by Crippen LogP contribution is 2.18. The lowest BCUT2D eigenvalue weighted by atomic mass is 9.97. The highest BCUT2D eigenvalue weighted by molar-refractivity contribution is 7.89. The van der Waals surface area contributed by atoms with Crippen LogP contribution in [0.4, 0.5) is 0 Å². The summed E-state index contributed by atoms with van der Waals surface area (Å²) in [6, 6.07) is 7.27. The van der Waals surface area contributed by atoms with Gasteiger partial charge in [0.1, 0.15) is 0 Å². The van der Waals surface area contributed by atoms with Crippen LogP contribution in [0, 0.1) is 5.92 Å². The summed E-state index contributed by atoms with van der Waals surface area (Å²) in [6.07, 6.45) is 2.76. The van der Waals surface area contributed by atoms with Gasteiger partial charge < -0.3 is 5.32 Å². The van der Waals surface area contributed by atoms with Gasteiger partial charge in [-0.15, -0.1) is 0 Å². The van der Waals surface area contributed by atoms with Crippen LogP contribution in [0.2, 0.25) is 0 Å². The van der Waals surface area contributed by atoms with Gasteiger partial charge in [-0.25, -0.2) is 13.6 Å². The molecule has 0 heterocycles. The van der Waals surface area contributed by atoms with E-state index in [-0.39, 0.29) is 10.9 Å². The van der Waals surface area contributed by atoms with Gasteiger partial charge in [0.2, 0.25) is 10.0 Å². The van der Waals surface area contributed by atoms with E-state index in [0.717, 1.165) is 24.9 Å². The largest absolute Gasteiger partial charge is 0.314 e. The molecule has 5 heteroatoms. The van der Waals surface area contributed by atoms with Crippen molar-refractivity contribution in [3.8, 4) is 0 Å². The van der Waals surface area contributed by atoms with Crippen molar-refractivity contribution in [2.75, 3.05) is 6.54 Å². The van der Waals surface area contributed by atoms with Gasteiger partial charge in [0.15, 0.2) is 0 Å². The number of nitrogens with two attached hydrogens (primary N) is 1. The zero-order chi connectivity index (χ0) is 15.2. The summed E-state index contributed by atoms with van der Waals surface area (Å²) >= 11 is 0. The van der Waals surface area contributed by atoms with E-state index in [1.165, 1.54) is 0 Å². The zero-order valence-electron chi connectivity index (χ0n) is 12.6. The van der Waals surface area contributed by atoms with E-state index in [1.54, 1.807) is 12.1 Å². The number of benzene rings is 1. The SMILES string of the molecule is CCCNC(Cc1ccccc1S(N)(=O)=O)CC(C)C. The third kappa shape index (κ3) is 5.61. The highest BCUT2D eigenvalue weighted by atomic mass is 32.2. The number of hydrogen-bond donors (Lipinski definition) is 2. The van der Waals surface area contributed by atoms with Crippen molar-refractivity contribution in [2.24, 2.45) is 11.1 Å². The van der Waals surface area contributed by atoms with Crippen molar-refractivity contribution in [1.82, 2.24) is 5.32 Å². The minimum atomic E-state index is -3.66. The van der Waals surface area contributed by atoms with Crippen LogP contribution in [0.1, 0.15) is 39.2 Å². The van der Waals surface area contributed by atoms with E-state index in [0.29, 0.717) is 12.3 Å². The third-order valence-corrected chi connectivity index (χ3v) is 4.20. The van der Waals surface area contributed by atoms with Crippen LogP contribution < -0.4 is 10.5 Å². The predicted molar refractivity (Wildman–Crippen MR) is 83.1 cm³/mol. The molecule has 0 fully saturated rings. The average molecular weight is 298 g/mol. The molecule has 0 saturated heterocycles. The van der Waals surface area contributed by atoms with Crippen LogP contribution in [0.5, 0.6) is 0 Å². The molecule has 1 rings (SSSR count). The summed E-state index contributed by atoms with van der Waals surface area (Å²) in [4.78, 5) is 0.243. The molecule has 0 spiro atoms. The lowest BCUT2D eigenvalue weighted by molar-refractivity contribution is 0.414. The smallest absolute Gasteiger partial charge is 0.238 e. The lowest BCUT2D eigenvalue weighted by Crippen LogP contribution is -2.33. The van der Waals surface area contributed by atoms with Crippen LogP contribution in [0.25, 0.3) is 0 Å². The molecular weight excluding hydrogens is 272 g/mol. The minimum Gasteiger partial charge on any atom is -0.314 e.